The number of ether oxygens (including phenoxy) is 1. The third kappa shape index (κ3) is 8.54. The van der Waals surface area contributed by atoms with Crippen molar-refractivity contribution in [3.05, 3.63) is 95.8 Å². The number of nitrogens with one attached hydrogen (secondary N) is 1. The van der Waals surface area contributed by atoms with Crippen LogP contribution in [-0.2, 0) is 32.6 Å². The maximum atomic E-state index is 14.7. The normalized spacial score (nSPS) is 12.1. The number of para-hydroxylation sites is 1. The molecule has 0 bridgehead atoms. The molecule has 0 aliphatic carbocycles. The quantitative estimate of drug-likeness (QED) is 0.336. The summed E-state index contributed by atoms with van der Waals surface area (Å²) in [5.74, 6) is -1.07. The average Bonchev–Trinajstić information content (AvgIpc) is 2.92. The number of methoxy groups -OCH3 is 1. The highest BCUT2D eigenvalue weighted by Crippen LogP contribution is 2.23. The van der Waals surface area contributed by atoms with E-state index in [1.165, 1.54) is 30.2 Å². The maximum absolute atomic E-state index is 14.7. The number of nitrogens with zero attached hydrogens (tertiary/aromatic N) is 2. The SMILES string of the molecule is COc1cccc(CN(C(=O)CN(c2ccccc2F)S(C)(=O)=O)[C@@H](Cc2ccccc2)C(=O)NCC(C)C)c1. The molecule has 3 aromatic carbocycles. The number of halogens is 1. The summed E-state index contributed by atoms with van der Waals surface area (Å²) in [6, 6.07) is 20.7. The summed E-state index contributed by atoms with van der Waals surface area (Å²) in [5, 5.41) is 2.92. The summed E-state index contributed by atoms with van der Waals surface area (Å²) < 4.78 is 46.3. The van der Waals surface area contributed by atoms with Gasteiger partial charge in [0.05, 0.1) is 19.1 Å². The van der Waals surface area contributed by atoms with Crippen LogP contribution in [0.1, 0.15) is 25.0 Å². The first-order valence-electron chi connectivity index (χ1n) is 13.0. The van der Waals surface area contributed by atoms with Crippen LogP contribution in [0, 0.1) is 11.7 Å². The summed E-state index contributed by atoms with van der Waals surface area (Å²) in [7, 11) is -2.53. The Balaban J connectivity index is 2.07. The molecule has 2 amide bonds. The Morgan fingerprint density at radius 1 is 0.950 bits per heavy atom. The molecule has 0 aliphatic heterocycles. The molecular formula is C30H36FN3O5S. The van der Waals surface area contributed by atoms with Crippen molar-refractivity contribution in [1.29, 1.82) is 0 Å². The van der Waals surface area contributed by atoms with Gasteiger partial charge in [-0.15, -0.1) is 0 Å². The summed E-state index contributed by atoms with van der Waals surface area (Å²) >= 11 is 0. The van der Waals surface area contributed by atoms with Crippen LogP contribution in [0.3, 0.4) is 0 Å². The standard InChI is InChI=1S/C30H36FN3O5S/c1-22(2)19-32-30(36)28(18-23-11-6-5-7-12-23)33(20-24-13-10-14-25(17-24)39-3)29(35)21-34(40(4,37)38)27-16-9-8-15-26(27)31/h5-17,22,28H,18-21H2,1-4H3,(H,32,36)/t28-/m0/s1. The van der Waals surface area contributed by atoms with Crippen LogP contribution in [0.15, 0.2) is 78.9 Å². The van der Waals surface area contributed by atoms with Gasteiger partial charge >= 0.3 is 0 Å². The third-order valence-electron chi connectivity index (χ3n) is 6.24. The van der Waals surface area contributed by atoms with Gasteiger partial charge in [-0.3, -0.25) is 13.9 Å². The lowest BCUT2D eigenvalue weighted by molar-refractivity contribution is -0.140. The molecule has 0 fully saturated rings. The molecule has 0 saturated carbocycles. The fraction of sp³-hybridized carbons (Fsp3) is 0.333. The van der Waals surface area contributed by atoms with E-state index >= 15 is 0 Å². The second-order valence-corrected chi connectivity index (χ2v) is 11.8. The van der Waals surface area contributed by atoms with Gasteiger partial charge < -0.3 is 15.0 Å². The minimum Gasteiger partial charge on any atom is -0.497 e. The van der Waals surface area contributed by atoms with Gasteiger partial charge in [-0.1, -0.05) is 68.4 Å². The van der Waals surface area contributed by atoms with Crippen molar-refractivity contribution in [3.8, 4) is 5.75 Å². The van der Waals surface area contributed by atoms with Crippen LogP contribution in [0.4, 0.5) is 10.1 Å². The lowest BCUT2D eigenvalue weighted by Crippen LogP contribution is -2.53. The van der Waals surface area contributed by atoms with E-state index in [4.69, 9.17) is 4.74 Å². The molecule has 3 aromatic rings. The first-order valence-corrected chi connectivity index (χ1v) is 14.8. The van der Waals surface area contributed by atoms with Gasteiger partial charge in [-0.2, -0.15) is 0 Å². The summed E-state index contributed by atoms with van der Waals surface area (Å²) in [6.45, 7) is 3.63. The Hall–Kier alpha value is -3.92. The molecule has 10 heteroatoms. The van der Waals surface area contributed by atoms with E-state index < -0.39 is 34.3 Å². The first kappa shape index (κ1) is 30.6. The Kier molecular flexibility index (Phi) is 10.7. The van der Waals surface area contributed by atoms with Gasteiger partial charge in [0.15, 0.2) is 0 Å². The average molecular weight is 570 g/mol. The highest BCUT2D eigenvalue weighted by atomic mass is 32.2. The van der Waals surface area contributed by atoms with Crippen LogP contribution in [0.25, 0.3) is 0 Å². The third-order valence-corrected chi connectivity index (χ3v) is 7.37. The second kappa shape index (κ2) is 13.9. The number of rotatable bonds is 13. The fourth-order valence-electron chi connectivity index (χ4n) is 4.19. The van der Waals surface area contributed by atoms with Gasteiger partial charge in [-0.05, 0) is 41.3 Å². The number of amides is 2. The van der Waals surface area contributed by atoms with Crippen molar-refractivity contribution in [2.75, 3.05) is 30.8 Å². The number of sulfonamides is 1. The highest BCUT2D eigenvalue weighted by Gasteiger charge is 2.33. The Morgan fingerprint density at radius 2 is 1.60 bits per heavy atom. The lowest BCUT2D eigenvalue weighted by Gasteiger charge is -2.33. The van der Waals surface area contributed by atoms with Gasteiger partial charge in [0, 0.05) is 19.5 Å². The first-order chi connectivity index (χ1) is 19.0. The largest absolute Gasteiger partial charge is 0.497 e. The van der Waals surface area contributed by atoms with E-state index in [9.17, 15) is 22.4 Å². The summed E-state index contributed by atoms with van der Waals surface area (Å²) in [6.07, 6.45) is 1.11. The molecule has 1 atom stereocenters. The molecular weight excluding hydrogens is 533 g/mol. The molecule has 0 aromatic heterocycles. The van der Waals surface area contributed by atoms with Gasteiger partial charge in [-0.25, -0.2) is 12.8 Å². The van der Waals surface area contributed by atoms with Crippen molar-refractivity contribution in [2.45, 2.75) is 32.9 Å². The highest BCUT2D eigenvalue weighted by molar-refractivity contribution is 7.92. The Bertz CT molecular complexity index is 1400. The van der Waals surface area contributed by atoms with E-state index in [-0.39, 0.29) is 30.5 Å². The molecule has 3 rings (SSSR count). The van der Waals surface area contributed by atoms with E-state index in [1.54, 1.807) is 24.3 Å². The van der Waals surface area contributed by atoms with E-state index in [0.29, 0.717) is 17.9 Å². The summed E-state index contributed by atoms with van der Waals surface area (Å²) in [4.78, 5) is 29.0. The van der Waals surface area contributed by atoms with E-state index in [1.807, 2.05) is 44.2 Å². The van der Waals surface area contributed by atoms with Gasteiger partial charge in [0.1, 0.15) is 24.2 Å². The number of carbonyl (C=O) groups is 2. The molecule has 0 heterocycles. The van der Waals surface area contributed by atoms with Gasteiger partial charge in [0.2, 0.25) is 21.8 Å². The fourth-order valence-corrected chi connectivity index (χ4v) is 5.04. The number of carbonyl (C=O) groups excluding carboxylic acids is 2. The molecule has 40 heavy (non-hydrogen) atoms. The molecule has 0 radical (unpaired) electrons. The number of hydrogen-bond donors (Lipinski definition) is 1. The molecule has 0 saturated heterocycles. The second-order valence-electron chi connectivity index (χ2n) is 9.94. The maximum Gasteiger partial charge on any atom is 0.244 e. The van der Waals surface area contributed by atoms with Crippen LogP contribution in [0.2, 0.25) is 0 Å². The molecule has 0 spiro atoms. The summed E-state index contributed by atoms with van der Waals surface area (Å²) in [5.41, 5.74) is 1.26. The minimum atomic E-state index is -4.05. The Labute approximate surface area is 235 Å². The monoisotopic (exact) mass is 569 g/mol. The molecule has 8 nitrogen and oxygen atoms in total. The zero-order valence-corrected chi connectivity index (χ0v) is 24.0. The smallest absolute Gasteiger partial charge is 0.244 e. The van der Waals surface area contributed by atoms with E-state index in [2.05, 4.69) is 5.32 Å². The van der Waals surface area contributed by atoms with Gasteiger partial charge in [0.25, 0.3) is 0 Å². The molecule has 0 unspecified atom stereocenters. The predicted molar refractivity (Wildman–Crippen MR) is 154 cm³/mol. The lowest BCUT2D eigenvalue weighted by atomic mass is 10.0. The van der Waals surface area contributed by atoms with Crippen molar-refractivity contribution < 1.29 is 27.1 Å². The predicted octanol–water partition coefficient (Wildman–Crippen LogP) is 4.01. The Morgan fingerprint density at radius 3 is 2.23 bits per heavy atom. The van der Waals surface area contributed by atoms with Crippen molar-refractivity contribution in [2.24, 2.45) is 5.92 Å². The zero-order valence-electron chi connectivity index (χ0n) is 23.2. The van der Waals surface area contributed by atoms with Crippen molar-refractivity contribution in [3.63, 3.8) is 0 Å². The van der Waals surface area contributed by atoms with Crippen LogP contribution >= 0.6 is 0 Å². The topological polar surface area (TPSA) is 96.0 Å². The number of hydrogen-bond acceptors (Lipinski definition) is 5. The van der Waals surface area contributed by atoms with Crippen LogP contribution in [-0.4, -0.2) is 57.6 Å². The number of benzene rings is 3. The molecule has 1 N–H and O–H groups in total. The van der Waals surface area contributed by atoms with Crippen molar-refractivity contribution in [1.82, 2.24) is 10.2 Å². The molecule has 0 aliphatic rings. The van der Waals surface area contributed by atoms with Crippen LogP contribution < -0.4 is 14.4 Å². The zero-order chi connectivity index (χ0) is 29.3. The minimum absolute atomic E-state index is 0.00247. The number of anilines is 1. The molecule has 214 valence electrons. The van der Waals surface area contributed by atoms with Crippen molar-refractivity contribution >= 4 is 27.5 Å². The van der Waals surface area contributed by atoms with E-state index in [0.717, 1.165) is 22.2 Å². The van der Waals surface area contributed by atoms with Crippen LogP contribution in [0.5, 0.6) is 5.75 Å².